The van der Waals surface area contributed by atoms with Crippen LogP contribution in [0.15, 0.2) is 111 Å². The van der Waals surface area contributed by atoms with Crippen molar-refractivity contribution in [3.63, 3.8) is 0 Å². The lowest BCUT2D eigenvalue weighted by Crippen LogP contribution is -2.60. The number of alkyl carbamates (subject to hydrolysis) is 2. The molecule has 0 spiro atoms. The van der Waals surface area contributed by atoms with Gasteiger partial charge in [0, 0.05) is 63.1 Å². The summed E-state index contributed by atoms with van der Waals surface area (Å²) in [6.45, 7) is 25.8. The van der Waals surface area contributed by atoms with Gasteiger partial charge in [-0.15, -0.1) is 19.7 Å². The second-order valence-electron chi connectivity index (χ2n) is 44.0. The van der Waals surface area contributed by atoms with Gasteiger partial charge in [-0.05, 0) is 170 Å². The van der Waals surface area contributed by atoms with E-state index in [1.54, 1.807) is 35.5 Å². The minimum absolute atomic E-state index is 0.0558. The first-order chi connectivity index (χ1) is 71.2. The molecule has 18 rings (SSSR count). The smallest absolute Gasteiger partial charge is 0.410 e. The molecule has 12 bridgehead atoms. The van der Waals surface area contributed by atoms with E-state index >= 15 is 0 Å². The summed E-state index contributed by atoms with van der Waals surface area (Å²) in [5.41, 5.74) is 2.71. The molecule has 15 atom stereocenters. The van der Waals surface area contributed by atoms with E-state index in [1.807, 2.05) is 113 Å². The van der Waals surface area contributed by atoms with Gasteiger partial charge in [0.1, 0.15) is 71.2 Å². The van der Waals surface area contributed by atoms with Crippen molar-refractivity contribution in [3.05, 3.63) is 161 Å². The average Bonchev–Trinajstić information content (AvgIpc) is 1.58. The largest absolute Gasteiger partial charge is 0.450 e. The highest BCUT2D eigenvalue weighted by Crippen LogP contribution is 2.50. The molecule has 9 fully saturated rings. The number of fused-ring (bicyclic) bond motifs is 9. The molecule has 6 aliphatic carbocycles. The van der Waals surface area contributed by atoms with Gasteiger partial charge in [-0.3, -0.25) is 76.8 Å². The molecule has 9 aliphatic heterocycles. The summed E-state index contributed by atoms with van der Waals surface area (Å²) in [7, 11) is -11.7. The summed E-state index contributed by atoms with van der Waals surface area (Å²) in [6.07, 6.45) is 19.8. The molecule has 150 heavy (non-hydrogen) atoms. The predicted octanol–water partition coefficient (Wildman–Crippen LogP) is 8.49. The number of cyclic esters (lactones) is 2. The van der Waals surface area contributed by atoms with Gasteiger partial charge in [0.25, 0.3) is 17.7 Å². The zero-order valence-electron chi connectivity index (χ0n) is 85.7. The van der Waals surface area contributed by atoms with Crippen molar-refractivity contribution >= 4 is 138 Å². The highest BCUT2D eigenvalue weighted by molar-refractivity contribution is 7.91. The number of rotatable bonds is 21. The third kappa shape index (κ3) is 24.9. The molecule has 41 nitrogen and oxygen atoms in total. The van der Waals surface area contributed by atoms with Crippen LogP contribution in [0.3, 0.4) is 0 Å². The van der Waals surface area contributed by atoms with Crippen molar-refractivity contribution in [1.29, 1.82) is 0 Å². The molecule has 0 aromatic heterocycles. The molecular formula is C106H137N15O26S3. The lowest BCUT2D eigenvalue weighted by molar-refractivity contribution is -0.144. The Morgan fingerprint density at radius 2 is 0.760 bits per heavy atom. The maximum absolute atomic E-state index is 14.4. The number of amides is 15. The molecule has 15 amide bonds. The highest BCUT2D eigenvalue weighted by Gasteiger charge is 2.66. The Balaban J connectivity index is 0.000000160. The number of ether oxygens (including phenoxy) is 5. The summed E-state index contributed by atoms with van der Waals surface area (Å²) in [4.78, 5) is 213. The maximum Gasteiger partial charge on any atom is 0.410 e. The van der Waals surface area contributed by atoms with Gasteiger partial charge < -0.3 is 70.3 Å². The molecule has 44 heteroatoms. The van der Waals surface area contributed by atoms with Gasteiger partial charge in [0.2, 0.25) is 71.4 Å². The van der Waals surface area contributed by atoms with Crippen molar-refractivity contribution < 1.29 is 121 Å². The maximum atomic E-state index is 14.4. The Hall–Kier alpha value is -13.0. The van der Waals surface area contributed by atoms with E-state index in [4.69, 9.17) is 23.7 Å². The fraction of sp³-hybridized carbons (Fsp3) is 0.575. The SMILES string of the molecule is C=C[C@@H]1C[C@]1(NC(=O)[C@@H]1C[C@@H]2CN1C(=O)[C@H](C(C)(C)C)NC(=O)CCCC/C=C/c1cccc3c1CN(C3)C(=O)O2)C(=O)NS(=O)(=O)C1CC1.C=C[C@@H]1C[C@]1(NC(=O)[C@@H]1C[C@@H]2CN1C(=O)[C@H](C(C)(C)C)NC(=O)OCCC/C=C/c1cccc3c1CN(C3)C(=O)O2)C(=O)NS(=O)(=O)C1CC1.C=C[C@@H]1C[C@]1(NC(=O)[C@@H]1C[C@@H]2CN1C(=O)[C@H](CCCC)NC(=O)OCCC/C=C/c1cccc3c1CN(C3)C(=O)O2)C(=O)NS(=O)(=O)C1CC1. The summed E-state index contributed by atoms with van der Waals surface area (Å²) in [6, 6.07) is 10.9. The van der Waals surface area contributed by atoms with Gasteiger partial charge in [0.15, 0.2) is 0 Å². The fourth-order valence-corrected chi connectivity index (χ4v) is 25.1. The van der Waals surface area contributed by atoms with Crippen LogP contribution in [-0.4, -0.2) is 264 Å². The van der Waals surface area contributed by atoms with Crippen LogP contribution in [0.1, 0.15) is 246 Å². The van der Waals surface area contributed by atoms with Crippen molar-refractivity contribution in [1.82, 2.24) is 75.5 Å². The molecule has 0 radical (unpaired) electrons. The van der Waals surface area contributed by atoms with Crippen molar-refractivity contribution in [2.24, 2.45) is 28.6 Å². The third-order valence-electron chi connectivity index (χ3n) is 30.6. The monoisotopic (exact) mass is 2130 g/mol. The molecule has 9 N–H and O–H groups in total. The lowest BCUT2D eigenvalue weighted by atomic mass is 9.85. The molecule has 3 aromatic carbocycles. The number of nitrogens with zero attached hydrogens (tertiary/aromatic N) is 6. The number of nitrogens with one attached hydrogen (secondary N) is 9. The number of unbranched alkanes of at least 4 members (excludes halogenated alkanes) is 1. The number of benzene rings is 3. The Labute approximate surface area is 873 Å². The number of carbonyl (C=O) groups is 15. The standard InChI is InChI=1S/C36H47N5O8S.2C35H45N5O9S/c1-5-24-18-36(24,33(45)39-50(47,48)26-15-16-26)38-31(43)28-17-25-20-41(28)32(44)30(35(2,3)4)37-29(42)14-9-7-6-8-11-22-12-10-13-23-19-40(21-27(22)23)34(46)49-25;1-5-23-17-35(23,31(43)38-50(46,47)25-13-14-25)37-29(41)27-16-24-19-40(27)30(42)28(34(2,3)4)36-32(44)48-15-8-6-7-10-21-11-9-12-22-18-39(20-26(21)22)33(45)49-24;1-3-5-13-28-31(42)40-20-25(17-29(40)30(41)37-35(18-24(35)4-2)32(43)38-50(46,47)26-14-15-26)49-34(45)39-19-23-12-9-11-22(27(23)21-39)10-7-6-8-16-48-33(44)36-28/h5,8,10-13,24-26,28,30H,1,6-7,9,14-21H2,2-4H3,(H,37,42)(H,38,43)(H,39,45);5,7,9-12,23-25,27-28H,1,6,8,13-20H2,2-4H3,(H,36,44)(H,37,41)(H,38,43);4,7,9-12,24-26,28-29H,2-3,5-6,8,13-21H2,1H3,(H,36,44)(H,37,41)(H,38,43)/b11-8+;2*10-7+/t24-,25-,28+,30-,36-;23-,24-,27+,28-,35-;24-,25-,28+,29+,35-/m111/s1. The molecule has 6 saturated carbocycles. The zero-order chi connectivity index (χ0) is 108. The highest BCUT2D eigenvalue weighted by atomic mass is 32.2. The second kappa shape index (κ2) is 44.5. The van der Waals surface area contributed by atoms with Crippen molar-refractivity contribution in [2.45, 2.75) is 322 Å². The van der Waals surface area contributed by atoms with E-state index in [0.717, 1.165) is 69.3 Å². The van der Waals surface area contributed by atoms with E-state index in [1.165, 1.54) is 32.9 Å². The Bertz CT molecular complexity index is 6090. The zero-order valence-corrected chi connectivity index (χ0v) is 88.2. The molecule has 3 saturated heterocycles. The van der Waals surface area contributed by atoms with E-state index < -0.39 is 229 Å². The van der Waals surface area contributed by atoms with Crippen LogP contribution in [-0.2, 0) is 141 Å². The Morgan fingerprint density at radius 3 is 1.08 bits per heavy atom. The molecule has 9 heterocycles. The van der Waals surface area contributed by atoms with Gasteiger partial charge >= 0.3 is 30.5 Å². The van der Waals surface area contributed by atoms with Crippen LogP contribution >= 0.6 is 0 Å². The normalized spacial score (nSPS) is 29.3. The second-order valence-corrected chi connectivity index (χ2v) is 49.9. The summed E-state index contributed by atoms with van der Waals surface area (Å²) < 4.78 is 111. The number of allylic oxidation sites excluding steroid dienone is 3. The minimum atomic E-state index is -3.90. The van der Waals surface area contributed by atoms with Crippen LogP contribution in [0.2, 0.25) is 0 Å². The summed E-state index contributed by atoms with van der Waals surface area (Å²) >= 11 is 0. The lowest BCUT2D eigenvalue weighted by Gasteiger charge is -2.35. The molecule has 15 aliphatic rings. The summed E-state index contributed by atoms with van der Waals surface area (Å²) in [5, 5.41) is 14.5. The first-order valence-electron chi connectivity index (χ1n) is 52.0. The topological polar surface area (TPSA) is 532 Å². The number of hydrogen-bond acceptors (Lipinski definition) is 26. The van der Waals surface area contributed by atoms with Gasteiger partial charge in [-0.25, -0.2) is 49.2 Å². The van der Waals surface area contributed by atoms with Crippen LogP contribution in [0.5, 0.6) is 0 Å². The van der Waals surface area contributed by atoms with Crippen LogP contribution < -0.4 is 46.1 Å². The fourth-order valence-electron chi connectivity index (χ4n) is 21.0. The first-order valence-corrected chi connectivity index (χ1v) is 56.6. The van der Waals surface area contributed by atoms with Gasteiger partial charge in [0.05, 0.1) is 68.2 Å². The quantitative estimate of drug-likeness (QED) is 0.0356. The van der Waals surface area contributed by atoms with E-state index in [0.29, 0.717) is 116 Å². The van der Waals surface area contributed by atoms with Gasteiger partial charge in [-0.1, -0.05) is 171 Å². The minimum Gasteiger partial charge on any atom is -0.450 e. The molecule has 810 valence electrons. The average molecular weight is 2130 g/mol. The molecular weight excluding hydrogens is 2000 g/mol. The van der Waals surface area contributed by atoms with E-state index in [9.17, 15) is 97.2 Å². The predicted molar refractivity (Wildman–Crippen MR) is 547 cm³/mol. The van der Waals surface area contributed by atoms with E-state index in [2.05, 4.69) is 71.9 Å². The molecule has 0 unspecified atom stereocenters. The number of carbonyl (C=O) groups excluding carboxylic acids is 15. The summed E-state index contributed by atoms with van der Waals surface area (Å²) in [5.74, 6) is -8.24. The number of sulfonamides is 3. The number of hydrogen-bond donors (Lipinski definition) is 9. The first kappa shape index (κ1) is 110. The Morgan fingerprint density at radius 1 is 0.433 bits per heavy atom. The Kier molecular flexibility index (Phi) is 32.5. The third-order valence-corrected chi connectivity index (χ3v) is 36.0. The van der Waals surface area contributed by atoms with Gasteiger partial charge in [-0.2, -0.15) is 0 Å². The van der Waals surface area contributed by atoms with Crippen molar-refractivity contribution in [2.75, 3.05) is 32.8 Å². The van der Waals surface area contributed by atoms with E-state index in [-0.39, 0.29) is 90.1 Å². The van der Waals surface area contributed by atoms with Crippen LogP contribution in [0, 0.1) is 28.6 Å². The van der Waals surface area contributed by atoms with Crippen molar-refractivity contribution in [3.8, 4) is 0 Å². The van der Waals surface area contributed by atoms with Crippen LogP contribution in [0.4, 0.5) is 24.0 Å². The van der Waals surface area contributed by atoms with Crippen LogP contribution in [0.25, 0.3) is 18.2 Å². The molecule has 3 aromatic rings.